The number of fused-ring (bicyclic) bond motifs is 3. The van der Waals surface area contributed by atoms with Crippen LogP contribution in [0.3, 0.4) is 0 Å². The van der Waals surface area contributed by atoms with E-state index in [1.54, 1.807) is 44.3 Å². The molecular weight excluding hydrogens is 398 g/mol. The number of benzene rings is 1. The molecule has 2 aliphatic rings. The highest BCUT2D eigenvalue weighted by Gasteiger charge is 2.34. The van der Waals surface area contributed by atoms with E-state index in [2.05, 4.69) is 6.07 Å². The predicted octanol–water partition coefficient (Wildman–Crippen LogP) is 2.07. The second-order valence-corrected chi connectivity index (χ2v) is 8.41. The molecule has 2 aliphatic heterocycles. The highest BCUT2D eigenvalue weighted by Crippen LogP contribution is 2.27. The molecule has 2 bridgehead atoms. The Kier molecular flexibility index (Phi) is 7.52. The van der Waals surface area contributed by atoms with Gasteiger partial charge >= 0.3 is 0 Å². The van der Waals surface area contributed by atoms with Gasteiger partial charge in [-0.25, -0.2) is 0 Å². The number of carbonyl (C=O) groups is 2. The molecule has 0 aliphatic carbocycles. The number of nitrogens with zero attached hydrogens (tertiary/aromatic N) is 3. The van der Waals surface area contributed by atoms with E-state index in [-0.39, 0.29) is 36.7 Å². The molecule has 168 valence electrons. The van der Waals surface area contributed by atoms with Gasteiger partial charge in [-0.1, -0.05) is 6.92 Å². The summed E-state index contributed by atoms with van der Waals surface area (Å²) in [4.78, 5) is 29.2. The van der Waals surface area contributed by atoms with Crippen LogP contribution >= 0.6 is 0 Å². The lowest BCUT2D eigenvalue weighted by Gasteiger charge is -2.38. The molecule has 0 saturated carbocycles. The smallest absolute Gasteiger partial charge is 0.257 e. The number of nitriles is 1. The van der Waals surface area contributed by atoms with Crippen molar-refractivity contribution in [3.8, 4) is 11.8 Å². The minimum Gasteiger partial charge on any atom is -0.493 e. The average molecular weight is 430 g/mol. The summed E-state index contributed by atoms with van der Waals surface area (Å²) in [5.74, 6) is -0.298. The molecule has 8 heteroatoms. The topological polar surface area (TPSA) is 92.1 Å². The van der Waals surface area contributed by atoms with Crippen LogP contribution < -0.4 is 4.74 Å². The average Bonchev–Trinajstić information content (AvgIpc) is 2.77. The summed E-state index contributed by atoms with van der Waals surface area (Å²) < 4.78 is 17.8. The lowest BCUT2D eigenvalue weighted by Crippen LogP contribution is -2.49. The molecule has 0 N–H and O–H groups in total. The summed E-state index contributed by atoms with van der Waals surface area (Å²) in [6.07, 6.45) is 2.07. The first kappa shape index (κ1) is 23.0. The van der Waals surface area contributed by atoms with E-state index < -0.39 is 5.92 Å². The van der Waals surface area contributed by atoms with Crippen molar-refractivity contribution in [2.45, 2.75) is 44.5 Å². The number of rotatable bonds is 1. The van der Waals surface area contributed by atoms with Gasteiger partial charge in [0.15, 0.2) is 0 Å². The Morgan fingerprint density at radius 1 is 1.13 bits per heavy atom. The Bertz CT molecular complexity index is 852. The van der Waals surface area contributed by atoms with E-state index in [9.17, 15) is 14.9 Å². The Balaban J connectivity index is 1.90. The van der Waals surface area contributed by atoms with Crippen LogP contribution in [0, 0.1) is 17.2 Å². The Hall–Kier alpha value is -2.63. The van der Waals surface area contributed by atoms with Crippen LogP contribution in [0.15, 0.2) is 18.2 Å². The summed E-state index contributed by atoms with van der Waals surface area (Å²) >= 11 is 0. The summed E-state index contributed by atoms with van der Waals surface area (Å²) in [7, 11) is 5.09. The Morgan fingerprint density at radius 3 is 2.61 bits per heavy atom. The van der Waals surface area contributed by atoms with Crippen LogP contribution in [0.1, 0.15) is 42.1 Å². The van der Waals surface area contributed by atoms with E-state index in [1.807, 2.05) is 6.92 Å². The first-order chi connectivity index (χ1) is 14.8. The molecular formula is C23H31N3O5. The lowest BCUT2D eigenvalue weighted by molar-refractivity contribution is -0.152. The molecule has 4 atom stereocenters. The number of hydrogen-bond donors (Lipinski definition) is 0. The number of ether oxygens (including phenoxy) is 3. The van der Waals surface area contributed by atoms with Gasteiger partial charge in [-0.2, -0.15) is 5.26 Å². The lowest BCUT2D eigenvalue weighted by atomic mass is 9.98. The fraction of sp³-hybridized carbons (Fsp3) is 0.609. The number of hydrogen-bond acceptors (Lipinski definition) is 6. The maximum atomic E-state index is 13.1. The van der Waals surface area contributed by atoms with Gasteiger partial charge in [-0.05, 0) is 31.0 Å². The van der Waals surface area contributed by atoms with E-state index in [0.29, 0.717) is 36.4 Å². The molecule has 1 aromatic carbocycles. The largest absolute Gasteiger partial charge is 0.493 e. The van der Waals surface area contributed by atoms with Gasteiger partial charge < -0.3 is 24.0 Å². The van der Waals surface area contributed by atoms with Gasteiger partial charge in [0.05, 0.1) is 41.9 Å². The Morgan fingerprint density at radius 2 is 1.90 bits per heavy atom. The molecule has 0 spiro atoms. The van der Waals surface area contributed by atoms with Crippen LogP contribution in [0.2, 0.25) is 0 Å². The predicted molar refractivity (Wildman–Crippen MR) is 114 cm³/mol. The van der Waals surface area contributed by atoms with Gasteiger partial charge in [0.25, 0.3) is 5.91 Å². The summed E-state index contributed by atoms with van der Waals surface area (Å²) in [6.45, 7) is 2.88. The number of methoxy groups -OCH3 is 1. The van der Waals surface area contributed by atoms with Crippen LogP contribution in [0.5, 0.6) is 5.75 Å². The van der Waals surface area contributed by atoms with Crippen molar-refractivity contribution in [3.05, 3.63) is 29.3 Å². The fourth-order valence-electron chi connectivity index (χ4n) is 4.29. The normalized spacial score (nSPS) is 28.1. The minimum atomic E-state index is -0.395. The molecule has 1 fully saturated rings. The maximum Gasteiger partial charge on any atom is 0.257 e. The zero-order valence-corrected chi connectivity index (χ0v) is 18.7. The van der Waals surface area contributed by atoms with Gasteiger partial charge in [0, 0.05) is 40.7 Å². The molecule has 0 unspecified atom stereocenters. The SMILES string of the molecule is CO[C@H]1CC[C@@H]2CCOc3ccc(C#N)cc3C(=O)N(C)C[C@@H](C)C(=O)N(C)C[C@H]1O2. The molecule has 0 aromatic heterocycles. The molecule has 1 aromatic rings. The third-order valence-electron chi connectivity index (χ3n) is 6.04. The third kappa shape index (κ3) is 5.35. The second kappa shape index (κ2) is 10.1. The van der Waals surface area contributed by atoms with Crippen molar-refractivity contribution in [1.29, 1.82) is 5.26 Å². The number of likely N-dealkylation sites (N-methyl/N-ethyl adjacent to an activating group) is 1. The van der Waals surface area contributed by atoms with Gasteiger partial charge in [0.1, 0.15) is 11.9 Å². The van der Waals surface area contributed by atoms with Crippen molar-refractivity contribution < 1.29 is 23.8 Å². The zero-order chi connectivity index (χ0) is 22.5. The highest BCUT2D eigenvalue weighted by atomic mass is 16.5. The van der Waals surface area contributed by atoms with Crippen molar-refractivity contribution in [2.24, 2.45) is 5.92 Å². The van der Waals surface area contributed by atoms with Gasteiger partial charge in [-0.15, -0.1) is 0 Å². The molecule has 8 nitrogen and oxygen atoms in total. The third-order valence-corrected chi connectivity index (χ3v) is 6.04. The molecule has 3 rings (SSSR count). The van der Waals surface area contributed by atoms with E-state index in [4.69, 9.17) is 14.2 Å². The first-order valence-corrected chi connectivity index (χ1v) is 10.7. The summed E-state index contributed by atoms with van der Waals surface area (Å²) in [5.41, 5.74) is 0.709. The standard InChI is InChI=1S/C23H31N3O5/c1-15-13-25(2)23(28)18-11-16(12-24)5-7-19(18)30-10-9-17-6-8-20(29-4)21(31-17)14-26(3)22(15)27/h5,7,11,15,17,20-21H,6,8-10,13-14H2,1-4H3/t15-,17-,20+,21-/m1/s1. The second-order valence-electron chi connectivity index (χ2n) is 8.41. The molecule has 31 heavy (non-hydrogen) atoms. The van der Waals surface area contributed by atoms with E-state index in [1.165, 1.54) is 4.90 Å². The first-order valence-electron chi connectivity index (χ1n) is 10.7. The van der Waals surface area contributed by atoms with Crippen LogP contribution in [-0.2, 0) is 14.3 Å². The highest BCUT2D eigenvalue weighted by molar-refractivity contribution is 5.97. The van der Waals surface area contributed by atoms with Crippen LogP contribution in [0.25, 0.3) is 0 Å². The number of carbonyl (C=O) groups excluding carboxylic acids is 2. The quantitative estimate of drug-likeness (QED) is 0.679. The van der Waals surface area contributed by atoms with E-state index >= 15 is 0 Å². The number of amides is 2. The van der Waals surface area contributed by atoms with Crippen LogP contribution in [-0.4, -0.2) is 80.8 Å². The van der Waals surface area contributed by atoms with E-state index in [0.717, 1.165) is 12.8 Å². The Labute approximate surface area is 183 Å². The fourth-order valence-corrected chi connectivity index (χ4v) is 4.29. The summed E-state index contributed by atoms with van der Waals surface area (Å²) in [5, 5.41) is 9.25. The van der Waals surface area contributed by atoms with Crippen molar-refractivity contribution in [3.63, 3.8) is 0 Å². The molecule has 0 radical (unpaired) electrons. The van der Waals surface area contributed by atoms with Crippen LogP contribution in [0.4, 0.5) is 0 Å². The molecule has 2 heterocycles. The zero-order valence-electron chi connectivity index (χ0n) is 18.7. The van der Waals surface area contributed by atoms with Crippen molar-refractivity contribution in [1.82, 2.24) is 9.80 Å². The van der Waals surface area contributed by atoms with Gasteiger partial charge in [0.2, 0.25) is 5.91 Å². The molecule has 2 amide bonds. The van der Waals surface area contributed by atoms with Crippen molar-refractivity contribution in [2.75, 3.05) is 40.9 Å². The summed E-state index contributed by atoms with van der Waals surface area (Å²) in [6, 6.07) is 6.90. The molecule has 1 saturated heterocycles. The van der Waals surface area contributed by atoms with Crippen molar-refractivity contribution >= 4 is 11.8 Å². The maximum absolute atomic E-state index is 13.1. The minimum absolute atomic E-state index is 0.0114. The monoisotopic (exact) mass is 429 g/mol. The van der Waals surface area contributed by atoms with Gasteiger partial charge in [-0.3, -0.25) is 9.59 Å².